The minimum Gasteiger partial charge on any atom is -0.466 e. The third-order valence-corrected chi connectivity index (χ3v) is 3.75. The van der Waals surface area contributed by atoms with Crippen molar-refractivity contribution in [2.24, 2.45) is 5.92 Å². The van der Waals surface area contributed by atoms with Gasteiger partial charge in [0.1, 0.15) is 5.60 Å². The van der Waals surface area contributed by atoms with Crippen molar-refractivity contribution in [3.05, 3.63) is 0 Å². The van der Waals surface area contributed by atoms with E-state index in [1.54, 1.807) is 4.90 Å². The average Bonchev–Trinajstić information content (AvgIpc) is 2.44. The molecular formula is C17H32N2O4. The van der Waals surface area contributed by atoms with Crippen molar-refractivity contribution in [2.45, 2.75) is 59.0 Å². The van der Waals surface area contributed by atoms with Crippen molar-refractivity contribution in [1.82, 2.24) is 10.2 Å². The zero-order valence-electron chi connectivity index (χ0n) is 15.0. The van der Waals surface area contributed by atoms with Gasteiger partial charge in [0, 0.05) is 20.0 Å². The summed E-state index contributed by atoms with van der Waals surface area (Å²) in [5.74, 6) is 0.400. The second-order valence-electron chi connectivity index (χ2n) is 7.16. The number of esters is 1. The first kappa shape index (κ1) is 19.7. The highest BCUT2D eigenvalue weighted by atomic mass is 16.6. The molecule has 1 N–H and O–H groups in total. The summed E-state index contributed by atoms with van der Waals surface area (Å²) in [6.07, 6.45) is 3.72. The molecule has 134 valence electrons. The lowest BCUT2D eigenvalue weighted by Gasteiger charge is -2.33. The molecule has 0 aromatic heterocycles. The number of likely N-dealkylation sites (tertiary alicyclic amines) is 1. The van der Waals surface area contributed by atoms with Crippen molar-refractivity contribution in [3.63, 3.8) is 0 Å². The first-order chi connectivity index (χ1) is 10.8. The van der Waals surface area contributed by atoms with E-state index in [-0.39, 0.29) is 12.1 Å². The number of rotatable bonds is 7. The number of piperidine rings is 1. The number of amides is 1. The van der Waals surface area contributed by atoms with E-state index in [4.69, 9.17) is 9.47 Å². The topological polar surface area (TPSA) is 67.9 Å². The zero-order chi connectivity index (χ0) is 17.3. The van der Waals surface area contributed by atoms with Crippen LogP contribution in [0, 0.1) is 5.92 Å². The van der Waals surface area contributed by atoms with Crippen LogP contribution < -0.4 is 5.32 Å². The predicted molar refractivity (Wildman–Crippen MR) is 89.3 cm³/mol. The normalized spacial score (nSPS) is 16.3. The SMILES string of the molecule is CC(=O)OCCCCNCC1CCN(C(=O)OC(C)(C)C)CC1. The van der Waals surface area contributed by atoms with Gasteiger partial charge in [-0.25, -0.2) is 4.79 Å². The van der Waals surface area contributed by atoms with Gasteiger partial charge in [-0.3, -0.25) is 4.79 Å². The number of hydrogen-bond donors (Lipinski definition) is 1. The van der Waals surface area contributed by atoms with E-state index < -0.39 is 5.60 Å². The molecule has 1 rings (SSSR count). The number of carbonyl (C=O) groups excluding carboxylic acids is 2. The Labute approximate surface area is 139 Å². The second-order valence-corrected chi connectivity index (χ2v) is 7.16. The molecule has 6 nitrogen and oxygen atoms in total. The molecule has 1 fully saturated rings. The first-order valence-corrected chi connectivity index (χ1v) is 8.60. The number of nitrogens with one attached hydrogen (secondary N) is 1. The molecule has 1 saturated heterocycles. The highest BCUT2D eigenvalue weighted by Crippen LogP contribution is 2.19. The van der Waals surface area contributed by atoms with Gasteiger partial charge in [0.25, 0.3) is 0 Å². The molecule has 1 amide bonds. The lowest BCUT2D eigenvalue weighted by Crippen LogP contribution is -2.43. The van der Waals surface area contributed by atoms with Crippen LogP contribution >= 0.6 is 0 Å². The molecule has 0 unspecified atom stereocenters. The van der Waals surface area contributed by atoms with Gasteiger partial charge in [0.15, 0.2) is 0 Å². The minimum absolute atomic E-state index is 0.200. The highest BCUT2D eigenvalue weighted by molar-refractivity contribution is 5.68. The summed E-state index contributed by atoms with van der Waals surface area (Å²) in [5.41, 5.74) is -0.429. The number of ether oxygens (including phenoxy) is 2. The lowest BCUT2D eigenvalue weighted by atomic mass is 9.97. The first-order valence-electron chi connectivity index (χ1n) is 8.60. The summed E-state index contributed by atoms with van der Waals surface area (Å²) in [4.78, 5) is 24.4. The van der Waals surface area contributed by atoms with Gasteiger partial charge in [-0.2, -0.15) is 0 Å². The Morgan fingerprint density at radius 3 is 2.39 bits per heavy atom. The molecule has 6 heteroatoms. The Morgan fingerprint density at radius 2 is 1.83 bits per heavy atom. The standard InChI is InChI=1S/C17H32N2O4/c1-14(20)22-12-6-5-9-18-13-15-7-10-19(11-8-15)16(21)23-17(2,3)4/h15,18H,5-13H2,1-4H3. The van der Waals surface area contributed by atoms with Gasteiger partial charge in [0.05, 0.1) is 6.61 Å². The quantitative estimate of drug-likeness (QED) is 0.575. The van der Waals surface area contributed by atoms with Gasteiger partial charge in [0.2, 0.25) is 0 Å². The zero-order valence-corrected chi connectivity index (χ0v) is 15.0. The minimum atomic E-state index is -0.429. The Balaban J connectivity index is 2.06. The molecular weight excluding hydrogens is 296 g/mol. The van der Waals surface area contributed by atoms with Crippen molar-refractivity contribution >= 4 is 12.1 Å². The van der Waals surface area contributed by atoms with Crippen molar-refractivity contribution in [1.29, 1.82) is 0 Å². The van der Waals surface area contributed by atoms with E-state index in [9.17, 15) is 9.59 Å². The largest absolute Gasteiger partial charge is 0.466 e. The third kappa shape index (κ3) is 9.43. The molecule has 0 bridgehead atoms. The molecule has 0 radical (unpaired) electrons. The summed E-state index contributed by atoms with van der Waals surface area (Å²) in [7, 11) is 0. The molecule has 0 spiro atoms. The van der Waals surface area contributed by atoms with Crippen LogP contribution in [0.15, 0.2) is 0 Å². The fourth-order valence-electron chi connectivity index (χ4n) is 2.52. The maximum absolute atomic E-state index is 12.0. The Kier molecular flexibility index (Phi) is 8.37. The van der Waals surface area contributed by atoms with Crippen LogP contribution in [-0.2, 0) is 14.3 Å². The summed E-state index contributed by atoms with van der Waals surface area (Å²) in [5, 5.41) is 3.45. The molecule has 0 atom stereocenters. The van der Waals surface area contributed by atoms with Crippen molar-refractivity contribution in [2.75, 3.05) is 32.8 Å². The monoisotopic (exact) mass is 328 g/mol. The number of carbonyl (C=O) groups is 2. The average molecular weight is 328 g/mol. The van der Waals surface area contributed by atoms with Crippen LogP contribution in [0.4, 0.5) is 4.79 Å². The molecule has 1 aliphatic rings. The molecule has 0 aliphatic carbocycles. The maximum Gasteiger partial charge on any atom is 0.410 e. The molecule has 0 saturated carbocycles. The van der Waals surface area contributed by atoms with Crippen molar-refractivity contribution < 1.29 is 19.1 Å². The predicted octanol–water partition coefficient (Wildman–Crippen LogP) is 2.57. The number of nitrogens with zero attached hydrogens (tertiary/aromatic N) is 1. The molecule has 23 heavy (non-hydrogen) atoms. The maximum atomic E-state index is 12.0. The van der Waals surface area contributed by atoms with Crippen LogP contribution in [0.5, 0.6) is 0 Å². The third-order valence-electron chi connectivity index (χ3n) is 3.75. The van der Waals surface area contributed by atoms with Gasteiger partial charge in [-0.1, -0.05) is 0 Å². The Bertz CT molecular complexity index is 371. The summed E-state index contributed by atoms with van der Waals surface area (Å²) >= 11 is 0. The number of unbranched alkanes of at least 4 members (excludes halogenated alkanes) is 1. The highest BCUT2D eigenvalue weighted by Gasteiger charge is 2.26. The van der Waals surface area contributed by atoms with Gasteiger partial charge < -0.3 is 19.7 Å². The van der Waals surface area contributed by atoms with E-state index in [0.717, 1.165) is 51.9 Å². The lowest BCUT2D eigenvalue weighted by molar-refractivity contribution is -0.141. The van der Waals surface area contributed by atoms with E-state index in [1.807, 2.05) is 20.8 Å². The van der Waals surface area contributed by atoms with E-state index in [2.05, 4.69) is 5.32 Å². The molecule has 0 aromatic carbocycles. The summed E-state index contributed by atoms with van der Waals surface area (Å²) in [6, 6.07) is 0. The smallest absolute Gasteiger partial charge is 0.410 e. The second kappa shape index (κ2) is 9.75. The number of hydrogen-bond acceptors (Lipinski definition) is 5. The van der Waals surface area contributed by atoms with Crippen LogP contribution in [0.3, 0.4) is 0 Å². The molecule has 0 aromatic rings. The van der Waals surface area contributed by atoms with E-state index in [1.165, 1.54) is 6.92 Å². The van der Waals surface area contributed by atoms with E-state index in [0.29, 0.717) is 12.5 Å². The van der Waals surface area contributed by atoms with Crippen LogP contribution in [0.1, 0.15) is 53.4 Å². The van der Waals surface area contributed by atoms with E-state index >= 15 is 0 Å². The van der Waals surface area contributed by atoms with Crippen LogP contribution in [-0.4, -0.2) is 55.3 Å². The summed E-state index contributed by atoms with van der Waals surface area (Å²) < 4.78 is 10.3. The van der Waals surface area contributed by atoms with Gasteiger partial charge in [-0.15, -0.1) is 0 Å². The van der Waals surface area contributed by atoms with Crippen LogP contribution in [0.2, 0.25) is 0 Å². The fraction of sp³-hybridized carbons (Fsp3) is 0.882. The van der Waals surface area contributed by atoms with Crippen molar-refractivity contribution in [3.8, 4) is 0 Å². The van der Waals surface area contributed by atoms with Gasteiger partial charge >= 0.3 is 12.1 Å². The fourth-order valence-corrected chi connectivity index (χ4v) is 2.52. The summed E-state index contributed by atoms with van der Waals surface area (Å²) in [6.45, 7) is 11.1. The van der Waals surface area contributed by atoms with Gasteiger partial charge in [-0.05, 0) is 65.5 Å². The molecule has 1 heterocycles. The Morgan fingerprint density at radius 1 is 1.17 bits per heavy atom. The Hall–Kier alpha value is -1.30. The van der Waals surface area contributed by atoms with Crippen LogP contribution in [0.25, 0.3) is 0 Å². The molecule has 1 aliphatic heterocycles.